The zero-order valence-electron chi connectivity index (χ0n) is 14.8. The highest BCUT2D eigenvalue weighted by atomic mass is 14.8. The van der Waals surface area contributed by atoms with Gasteiger partial charge in [-0.15, -0.1) is 0 Å². The van der Waals surface area contributed by atoms with Crippen LogP contribution in [0.25, 0.3) is 0 Å². The standard InChI is InChI=1S/C23H27N/c1-16-8-6-13-22(24-16)21-12-5-3-4-9-18-10-7-11-19-14-15-20(21)17(2)23(18)19/h3-5,7,9,11-13,15,17-19,23H,6,8,10,14H2,1-2H3/b5-3+,9-4-,21-12+. The third kappa shape index (κ3) is 2.81. The van der Waals surface area contributed by atoms with Crippen molar-refractivity contribution in [3.63, 3.8) is 0 Å². The lowest BCUT2D eigenvalue weighted by molar-refractivity contribution is 0.215. The average Bonchev–Trinajstić information content (AvgIpc) is 2.59. The molecule has 1 heteroatoms. The summed E-state index contributed by atoms with van der Waals surface area (Å²) in [5.41, 5.74) is 5.31. The summed E-state index contributed by atoms with van der Waals surface area (Å²) in [6.07, 6.45) is 25.6. The molecule has 4 rings (SSSR count). The van der Waals surface area contributed by atoms with Crippen LogP contribution in [-0.2, 0) is 0 Å². The Hall–Kier alpha value is -1.89. The highest BCUT2D eigenvalue weighted by Gasteiger charge is 2.38. The van der Waals surface area contributed by atoms with E-state index in [1.807, 2.05) is 0 Å². The van der Waals surface area contributed by atoms with E-state index >= 15 is 0 Å². The molecule has 0 fully saturated rings. The van der Waals surface area contributed by atoms with Gasteiger partial charge in [-0.25, -0.2) is 0 Å². The molecular weight excluding hydrogens is 290 g/mol. The molecule has 0 N–H and O–H groups in total. The lowest BCUT2D eigenvalue weighted by Crippen LogP contribution is -2.34. The van der Waals surface area contributed by atoms with E-state index < -0.39 is 0 Å². The van der Waals surface area contributed by atoms with Crippen LogP contribution >= 0.6 is 0 Å². The molecule has 1 aliphatic heterocycles. The molecule has 0 aromatic rings. The SMILES string of the molecule is CC1=NC(/C2=C/C=C/C=C\C3CC=CC4CC=C2C(C)C43)=CCC1. The Morgan fingerprint density at radius 2 is 1.88 bits per heavy atom. The maximum absolute atomic E-state index is 4.89. The Labute approximate surface area is 146 Å². The monoisotopic (exact) mass is 317 g/mol. The molecule has 0 saturated heterocycles. The van der Waals surface area contributed by atoms with Crippen molar-refractivity contribution in [3.8, 4) is 0 Å². The minimum Gasteiger partial charge on any atom is -0.258 e. The van der Waals surface area contributed by atoms with Gasteiger partial charge in [-0.3, -0.25) is 4.99 Å². The van der Waals surface area contributed by atoms with Crippen LogP contribution in [0.5, 0.6) is 0 Å². The molecule has 124 valence electrons. The second kappa shape index (κ2) is 6.55. The van der Waals surface area contributed by atoms with Crippen LogP contribution in [0.2, 0.25) is 0 Å². The molecule has 4 aliphatic rings. The molecule has 2 bridgehead atoms. The Morgan fingerprint density at radius 3 is 2.75 bits per heavy atom. The Kier molecular flexibility index (Phi) is 4.26. The van der Waals surface area contributed by atoms with Gasteiger partial charge in [0.1, 0.15) is 0 Å². The van der Waals surface area contributed by atoms with Crippen LogP contribution in [0.1, 0.15) is 39.5 Å². The predicted molar refractivity (Wildman–Crippen MR) is 103 cm³/mol. The van der Waals surface area contributed by atoms with E-state index in [1.54, 1.807) is 0 Å². The van der Waals surface area contributed by atoms with E-state index in [0.29, 0.717) is 17.8 Å². The second-order valence-corrected chi connectivity index (χ2v) is 7.58. The van der Waals surface area contributed by atoms with Gasteiger partial charge >= 0.3 is 0 Å². The van der Waals surface area contributed by atoms with Gasteiger partial charge in [0.15, 0.2) is 0 Å². The zero-order chi connectivity index (χ0) is 16.5. The molecule has 0 spiro atoms. The van der Waals surface area contributed by atoms with Gasteiger partial charge in [0, 0.05) is 11.3 Å². The summed E-state index contributed by atoms with van der Waals surface area (Å²) in [6, 6.07) is 0. The molecule has 3 aliphatic carbocycles. The first-order chi connectivity index (χ1) is 11.7. The van der Waals surface area contributed by atoms with Crippen molar-refractivity contribution >= 4 is 5.71 Å². The maximum atomic E-state index is 4.89. The molecule has 4 atom stereocenters. The fraction of sp³-hybridized carbons (Fsp3) is 0.435. The van der Waals surface area contributed by atoms with Crippen molar-refractivity contribution < 1.29 is 0 Å². The number of hydrogen-bond acceptors (Lipinski definition) is 1. The maximum Gasteiger partial charge on any atom is 0.0664 e. The Morgan fingerprint density at radius 1 is 1.00 bits per heavy atom. The van der Waals surface area contributed by atoms with Crippen molar-refractivity contribution in [2.75, 3.05) is 0 Å². The first kappa shape index (κ1) is 15.6. The quantitative estimate of drug-likeness (QED) is 0.530. The van der Waals surface area contributed by atoms with E-state index in [9.17, 15) is 0 Å². The molecule has 0 aromatic carbocycles. The molecular formula is C23H27N. The second-order valence-electron chi connectivity index (χ2n) is 7.58. The highest BCUT2D eigenvalue weighted by Crippen LogP contribution is 2.47. The lowest BCUT2D eigenvalue weighted by Gasteiger charge is -2.42. The summed E-state index contributed by atoms with van der Waals surface area (Å²) >= 11 is 0. The summed E-state index contributed by atoms with van der Waals surface area (Å²) in [5, 5.41) is 0. The van der Waals surface area contributed by atoms with Crippen molar-refractivity contribution in [2.45, 2.75) is 39.5 Å². The van der Waals surface area contributed by atoms with Crippen LogP contribution in [0.4, 0.5) is 0 Å². The van der Waals surface area contributed by atoms with Crippen LogP contribution in [0.15, 0.2) is 76.5 Å². The van der Waals surface area contributed by atoms with E-state index in [0.717, 1.165) is 18.8 Å². The summed E-state index contributed by atoms with van der Waals surface area (Å²) in [5.74, 6) is 2.66. The van der Waals surface area contributed by atoms with Gasteiger partial charge in [0.2, 0.25) is 0 Å². The minimum atomic E-state index is 0.583. The lowest BCUT2D eigenvalue weighted by atomic mass is 9.62. The minimum absolute atomic E-state index is 0.583. The van der Waals surface area contributed by atoms with Gasteiger partial charge in [-0.05, 0) is 61.9 Å². The molecule has 24 heavy (non-hydrogen) atoms. The third-order valence-electron chi connectivity index (χ3n) is 6.04. The highest BCUT2D eigenvalue weighted by molar-refractivity contribution is 5.84. The zero-order valence-corrected chi connectivity index (χ0v) is 14.8. The fourth-order valence-electron chi connectivity index (χ4n) is 4.86. The van der Waals surface area contributed by atoms with E-state index in [4.69, 9.17) is 4.99 Å². The topological polar surface area (TPSA) is 12.4 Å². The van der Waals surface area contributed by atoms with Crippen LogP contribution in [0, 0.1) is 23.7 Å². The molecule has 0 aromatic heterocycles. The van der Waals surface area contributed by atoms with E-state index in [-0.39, 0.29) is 0 Å². The molecule has 1 heterocycles. The molecule has 0 saturated carbocycles. The molecule has 0 radical (unpaired) electrons. The van der Waals surface area contributed by atoms with Crippen LogP contribution in [0.3, 0.4) is 0 Å². The summed E-state index contributed by atoms with van der Waals surface area (Å²) in [6.45, 7) is 4.59. The Bertz CT molecular complexity index is 723. The number of hydrogen-bond donors (Lipinski definition) is 0. The van der Waals surface area contributed by atoms with Gasteiger partial charge < -0.3 is 0 Å². The van der Waals surface area contributed by atoms with Crippen molar-refractivity contribution in [3.05, 3.63) is 71.5 Å². The molecule has 0 amide bonds. The summed E-state index contributed by atoms with van der Waals surface area (Å²) in [4.78, 5) is 4.89. The fourth-order valence-corrected chi connectivity index (χ4v) is 4.86. The van der Waals surface area contributed by atoms with Gasteiger partial charge in [-0.2, -0.15) is 0 Å². The van der Waals surface area contributed by atoms with Crippen molar-refractivity contribution in [2.24, 2.45) is 28.7 Å². The van der Waals surface area contributed by atoms with E-state index in [1.165, 1.54) is 35.4 Å². The number of aliphatic imine (C=N–C) groups is 1. The number of nitrogens with zero attached hydrogens (tertiary/aromatic N) is 1. The largest absolute Gasteiger partial charge is 0.258 e. The number of allylic oxidation sites excluding steroid dienone is 10. The van der Waals surface area contributed by atoms with Crippen LogP contribution in [-0.4, -0.2) is 5.71 Å². The smallest absolute Gasteiger partial charge is 0.0664 e. The van der Waals surface area contributed by atoms with Gasteiger partial charge in [0.25, 0.3) is 0 Å². The average molecular weight is 317 g/mol. The van der Waals surface area contributed by atoms with Crippen molar-refractivity contribution in [1.82, 2.24) is 0 Å². The molecule has 4 unspecified atom stereocenters. The summed E-state index contributed by atoms with van der Waals surface area (Å²) < 4.78 is 0. The van der Waals surface area contributed by atoms with Crippen molar-refractivity contribution in [1.29, 1.82) is 0 Å². The van der Waals surface area contributed by atoms with Crippen LogP contribution < -0.4 is 0 Å². The van der Waals surface area contributed by atoms with Gasteiger partial charge in [-0.1, -0.05) is 61.6 Å². The number of fused-ring (bicyclic) bond motifs is 1. The first-order valence-electron chi connectivity index (χ1n) is 9.41. The first-order valence-corrected chi connectivity index (χ1v) is 9.41. The van der Waals surface area contributed by atoms with E-state index in [2.05, 4.69) is 68.5 Å². The number of rotatable bonds is 1. The normalized spacial score (nSPS) is 39.8. The third-order valence-corrected chi connectivity index (χ3v) is 6.04. The predicted octanol–water partition coefficient (Wildman–Crippen LogP) is 5.95. The van der Waals surface area contributed by atoms with Gasteiger partial charge in [0.05, 0.1) is 5.70 Å². The summed E-state index contributed by atoms with van der Waals surface area (Å²) in [7, 11) is 0. The molecule has 1 nitrogen and oxygen atoms in total. The Balaban J connectivity index is 1.80.